The van der Waals surface area contributed by atoms with Crippen LogP contribution in [0.4, 0.5) is 9.52 Å². The van der Waals surface area contributed by atoms with E-state index in [4.69, 9.17) is 11.6 Å². The molecule has 0 saturated heterocycles. The van der Waals surface area contributed by atoms with Crippen molar-refractivity contribution in [1.82, 2.24) is 15.2 Å². The number of rotatable bonds is 3. The van der Waals surface area contributed by atoms with Crippen molar-refractivity contribution in [3.05, 3.63) is 59.1 Å². The molecule has 1 N–H and O–H groups in total. The van der Waals surface area contributed by atoms with Crippen molar-refractivity contribution in [3.63, 3.8) is 0 Å². The van der Waals surface area contributed by atoms with E-state index in [1.165, 1.54) is 29.5 Å². The molecule has 3 rings (SSSR count). The van der Waals surface area contributed by atoms with Crippen molar-refractivity contribution in [2.24, 2.45) is 0 Å². The highest BCUT2D eigenvalue weighted by Crippen LogP contribution is 2.27. The van der Waals surface area contributed by atoms with Crippen molar-refractivity contribution < 1.29 is 9.18 Å². The molecule has 0 radical (unpaired) electrons. The van der Waals surface area contributed by atoms with Gasteiger partial charge in [-0.05, 0) is 24.3 Å². The van der Waals surface area contributed by atoms with Crippen LogP contribution >= 0.6 is 22.9 Å². The highest BCUT2D eigenvalue weighted by molar-refractivity contribution is 7.18. The van der Waals surface area contributed by atoms with Crippen molar-refractivity contribution in [1.29, 1.82) is 0 Å². The van der Waals surface area contributed by atoms with Crippen LogP contribution in [0.25, 0.3) is 10.6 Å². The van der Waals surface area contributed by atoms with Gasteiger partial charge in [-0.15, -0.1) is 10.2 Å². The first kappa shape index (κ1) is 14.6. The van der Waals surface area contributed by atoms with E-state index in [2.05, 4.69) is 20.5 Å². The summed E-state index contributed by atoms with van der Waals surface area (Å²) < 4.78 is 13.7. The summed E-state index contributed by atoms with van der Waals surface area (Å²) in [6.45, 7) is 0. The van der Waals surface area contributed by atoms with Gasteiger partial charge in [0.15, 0.2) is 0 Å². The quantitative estimate of drug-likeness (QED) is 0.794. The van der Waals surface area contributed by atoms with Gasteiger partial charge in [0, 0.05) is 18.0 Å². The van der Waals surface area contributed by atoms with E-state index < -0.39 is 11.7 Å². The molecule has 0 aliphatic carbocycles. The van der Waals surface area contributed by atoms with Gasteiger partial charge in [0.2, 0.25) is 5.13 Å². The number of amides is 1. The Morgan fingerprint density at radius 2 is 1.95 bits per heavy atom. The van der Waals surface area contributed by atoms with Crippen LogP contribution in [-0.2, 0) is 0 Å². The maximum atomic E-state index is 13.7. The van der Waals surface area contributed by atoms with E-state index in [9.17, 15) is 9.18 Å². The molecular weight excluding hydrogens is 327 g/mol. The number of anilines is 1. The monoisotopic (exact) mass is 334 g/mol. The Balaban J connectivity index is 1.82. The first-order chi connectivity index (χ1) is 10.6. The van der Waals surface area contributed by atoms with Crippen molar-refractivity contribution in [2.45, 2.75) is 0 Å². The molecule has 0 bridgehead atoms. The summed E-state index contributed by atoms with van der Waals surface area (Å²) in [5.41, 5.74) is 0.613. The summed E-state index contributed by atoms with van der Waals surface area (Å²) in [7, 11) is 0. The van der Waals surface area contributed by atoms with Crippen LogP contribution in [0.1, 0.15) is 10.4 Å². The number of nitrogens with one attached hydrogen (secondary N) is 1. The zero-order valence-corrected chi connectivity index (χ0v) is 12.5. The maximum absolute atomic E-state index is 13.7. The molecule has 0 atom stereocenters. The highest BCUT2D eigenvalue weighted by atomic mass is 35.5. The number of nitrogens with zero attached hydrogens (tertiary/aromatic N) is 3. The van der Waals surface area contributed by atoms with E-state index in [1.807, 2.05) is 0 Å². The average molecular weight is 335 g/mol. The Labute approximate surface area is 133 Å². The summed E-state index contributed by atoms with van der Waals surface area (Å²) in [4.78, 5) is 16.0. The number of carbonyl (C=O) groups is 1. The molecular formula is C14H8ClFN4OS. The fourth-order valence-corrected chi connectivity index (χ4v) is 2.75. The van der Waals surface area contributed by atoms with E-state index >= 15 is 0 Å². The normalized spacial score (nSPS) is 10.5. The van der Waals surface area contributed by atoms with Crippen LogP contribution in [0.15, 0.2) is 42.7 Å². The molecule has 8 heteroatoms. The van der Waals surface area contributed by atoms with Gasteiger partial charge < -0.3 is 0 Å². The lowest BCUT2D eigenvalue weighted by Crippen LogP contribution is -2.14. The Morgan fingerprint density at radius 3 is 2.68 bits per heavy atom. The Bertz CT molecular complexity index is 804. The molecule has 110 valence electrons. The maximum Gasteiger partial charge on any atom is 0.261 e. The molecule has 2 aromatic heterocycles. The number of benzene rings is 1. The van der Waals surface area contributed by atoms with Gasteiger partial charge in [0.05, 0.1) is 10.6 Å². The molecule has 5 nitrogen and oxygen atoms in total. The van der Waals surface area contributed by atoms with Crippen LogP contribution in [0.5, 0.6) is 0 Å². The second-order valence-corrected chi connectivity index (χ2v) is 5.58. The standard InChI is InChI=1S/C14H8ClFN4OS/c15-9-2-1-3-10(16)11(9)12(21)18-14-20-19-13(22-14)8-4-6-17-7-5-8/h1-7H,(H,18,20,21). The van der Waals surface area contributed by atoms with Gasteiger partial charge in [-0.25, -0.2) is 4.39 Å². The summed E-state index contributed by atoms with van der Waals surface area (Å²) in [6, 6.07) is 7.60. The highest BCUT2D eigenvalue weighted by Gasteiger charge is 2.17. The predicted molar refractivity (Wildman–Crippen MR) is 82.5 cm³/mol. The molecule has 0 aliphatic heterocycles. The van der Waals surface area contributed by atoms with E-state index in [0.29, 0.717) is 5.01 Å². The summed E-state index contributed by atoms with van der Waals surface area (Å²) >= 11 is 7.02. The Kier molecular flexibility index (Phi) is 4.08. The minimum Gasteiger partial charge on any atom is -0.296 e. The van der Waals surface area contributed by atoms with Crippen molar-refractivity contribution in [3.8, 4) is 10.6 Å². The second kappa shape index (κ2) is 6.17. The van der Waals surface area contributed by atoms with Crippen LogP contribution < -0.4 is 5.32 Å². The summed E-state index contributed by atoms with van der Waals surface area (Å²) in [6.07, 6.45) is 3.27. The number of hydrogen-bond acceptors (Lipinski definition) is 5. The SMILES string of the molecule is O=C(Nc1nnc(-c2ccncc2)s1)c1c(F)cccc1Cl. The summed E-state index contributed by atoms with van der Waals surface area (Å²) in [5.74, 6) is -1.36. The van der Waals surface area contributed by atoms with Gasteiger partial charge in [-0.2, -0.15) is 0 Å². The first-order valence-corrected chi connectivity index (χ1v) is 7.34. The van der Waals surface area contributed by atoms with Crippen LogP contribution in [0.2, 0.25) is 5.02 Å². The lowest BCUT2D eigenvalue weighted by molar-refractivity contribution is 0.102. The molecule has 0 spiro atoms. The lowest BCUT2D eigenvalue weighted by Gasteiger charge is -2.04. The number of pyridine rings is 1. The first-order valence-electron chi connectivity index (χ1n) is 6.14. The molecule has 0 unspecified atom stereocenters. The predicted octanol–water partition coefficient (Wildman–Crippen LogP) is 3.64. The van der Waals surface area contributed by atoms with Gasteiger partial charge >= 0.3 is 0 Å². The number of aromatic nitrogens is 3. The van der Waals surface area contributed by atoms with Crippen LogP contribution in [-0.4, -0.2) is 21.1 Å². The van der Waals surface area contributed by atoms with Gasteiger partial charge in [0.1, 0.15) is 10.8 Å². The van der Waals surface area contributed by atoms with Crippen LogP contribution in [0, 0.1) is 5.82 Å². The molecule has 0 aliphatic rings. The molecule has 3 aromatic rings. The zero-order chi connectivity index (χ0) is 15.5. The zero-order valence-electron chi connectivity index (χ0n) is 11.0. The topological polar surface area (TPSA) is 67.8 Å². The third kappa shape index (κ3) is 2.95. The third-order valence-electron chi connectivity index (χ3n) is 2.76. The lowest BCUT2D eigenvalue weighted by atomic mass is 10.2. The number of carbonyl (C=O) groups excluding carboxylic acids is 1. The minimum atomic E-state index is -0.691. The fraction of sp³-hybridized carbons (Fsp3) is 0. The summed E-state index contributed by atoms with van der Waals surface area (Å²) in [5, 5.41) is 11.3. The van der Waals surface area contributed by atoms with E-state index in [0.717, 1.165) is 5.56 Å². The molecule has 1 amide bonds. The molecule has 0 saturated carbocycles. The van der Waals surface area contributed by atoms with Gasteiger partial charge in [-0.3, -0.25) is 15.1 Å². The number of halogens is 2. The van der Waals surface area contributed by atoms with Gasteiger partial charge in [-0.1, -0.05) is 29.0 Å². The Morgan fingerprint density at radius 1 is 1.18 bits per heavy atom. The van der Waals surface area contributed by atoms with Gasteiger partial charge in [0.25, 0.3) is 5.91 Å². The van der Waals surface area contributed by atoms with E-state index in [-0.39, 0.29) is 15.7 Å². The van der Waals surface area contributed by atoms with Crippen molar-refractivity contribution >= 4 is 34.0 Å². The third-order valence-corrected chi connectivity index (χ3v) is 3.97. The van der Waals surface area contributed by atoms with E-state index in [1.54, 1.807) is 24.5 Å². The molecule has 22 heavy (non-hydrogen) atoms. The van der Waals surface area contributed by atoms with Crippen LogP contribution in [0.3, 0.4) is 0 Å². The molecule has 1 aromatic carbocycles. The number of hydrogen-bond donors (Lipinski definition) is 1. The average Bonchev–Trinajstić information content (AvgIpc) is 2.96. The fourth-order valence-electron chi connectivity index (χ4n) is 1.76. The molecule has 2 heterocycles. The molecule has 0 fully saturated rings. The minimum absolute atomic E-state index is 0.0383. The Hall–Kier alpha value is -2.38. The second-order valence-electron chi connectivity index (χ2n) is 4.20. The largest absolute Gasteiger partial charge is 0.296 e. The smallest absolute Gasteiger partial charge is 0.261 e. The van der Waals surface area contributed by atoms with Crippen molar-refractivity contribution in [2.75, 3.05) is 5.32 Å².